The molecule has 0 bridgehead atoms. The summed E-state index contributed by atoms with van der Waals surface area (Å²) in [5.41, 5.74) is 1.63. The van der Waals surface area contributed by atoms with E-state index in [1.807, 2.05) is 12.1 Å². The third-order valence-electron chi connectivity index (χ3n) is 3.24. The molecule has 112 valence electrons. The summed E-state index contributed by atoms with van der Waals surface area (Å²) in [6.45, 7) is 4.91. The number of hydrogen-bond donors (Lipinski definition) is 1. The number of nitrogens with zero attached hydrogens (tertiary/aromatic N) is 3. The van der Waals surface area contributed by atoms with Crippen molar-refractivity contribution < 1.29 is 9.90 Å². The van der Waals surface area contributed by atoms with Crippen LogP contribution >= 0.6 is 11.6 Å². The van der Waals surface area contributed by atoms with Gasteiger partial charge in [-0.15, -0.1) is 5.10 Å². The van der Waals surface area contributed by atoms with Gasteiger partial charge in [0.05, 0.1) is 5.69 Å². The van der Waals surface area contributed by atoms with Gasteiger partial charge in [0.25, 0.3) is 0 Å². The average Bonchev–Trinajstić information content (AvgIpc) is 2.82. The SMILES string of the molecule is CC(C)CCn1nnc(C(=O)O)c1Cc1ccc(Cl)cc1. The quantitative estimate of drug-likeness (QED) is 0.889. The molecule has 2 rings (SSSR count). The molecule has 0 atom stereocenters. The molecule has 6 heteroatoms. The molecule has 0 amide bonds. The first-order valence-electron chi connectivity index (χ1n) is 6.87. The molecule has 0 aliphatic heterocycles. The lowest BCUT2D eigenvalue weighted by molar-refractivity contribution is 0.0689. The van der Waals surface area contributed by atoms with Crippen molar-refractivity contribution in [1.29, 1.82) is 0 Å². The van der Waals surface area contributed by atoms with E-state index < -0.39 is 5.97 Å². The molecule has 0 aliphatic rings. The van der Waals surface area contributed by atoms with Crippen molar-refractivity contribution in [3.05, 3.63) is 46.2 Å². The van der Waals surface area contributed by atoms with Crippen LogP contribution in [0.25, 0.3) is 0 Å². The van der Waals surface area contributed by atoms with E-state index in [2.05, 4.69) is 24.2 Å². The van der Waals surface area contributed by atoms with Crippen LogP contribution in [0, 0.1) is 5.92 Å². The maximum absolute atomic E-state index is 11.3. The lowest BCUT2D eigenvalue weighted by Gasteiger charge is -2.09. The fraction of sp³-hybridized carbons (Fsp3) is 0.400. The Labute approximate surface area is 128 Å². The number of rotatable bonds is 6. The second-order valence-corrected chi connectivity index (χ2v) is 5.84. The molecule has 0 saturated heterocycles. The number of aromatic carboxylic acids is 1. The van der Waals surface area contributed by atoms with Gasteiger partial charge >= 0.3 is 5.97 Å². The molecular formula is C15H18ClN3O2. The third-order valence-corrected chi connectivity index (χ3v) is 3.50. The second-order valence-electron chi connectivity index (χ2n) is 5.40. The van der Waals surface area contributed by atoms with E-state index in [9.17, 15) is 9.90 Å². The minimum absolute atomic E-state index is 0.0220. The van der Waals surface area contributed by atoms with Crippen LogP contribution in [0.1, 0.15) is 42.0 Å². The molecule has 0 radical (unpaired) electrons. The topological polar surface area (TPSA) is 68.0 Å². The average molecular weight is 308 g/mol. The third kappa shape index (κ3) is 4.04. The van der Waals surface area contributed by atoms with Gasteiger partial charge < -0.3 is 5.11 Å². The van der Waals surface area contributed by atoms with Crippen molar-refractivity contribution in [3.63, 3.8) is 0 Å². The molecule has 5 nitrogen and oxygen atoms in total. The van der Waals surface area contributed by atoms with Crippen molar-refractivity contribution in [3.8, 4) is 0 Å². The zero-order valence-corrected chi connectivity index (χ0v) is 12.8. The maximum atomic E-state index is 11.3. The maximum Gasteiger partial charge on any atom is 0.358 e. The fourth-order valence-corrected chi connectivity index (χ4v) is 2.16. The first-order valence-corrected chi connectivity index (χ1v) is 7.25. The molecule has 1 aromatic carbocycles. The van der Waals surface area contributed by atoms with Gasteiger partial charge in [0.15, 0.2) is 5.69 Å². The zero-order valence-electron chi connectivity index (χ0n) is 12.1. The minimum Gasteiger partial charge on any atom is -0.476 e. The molecule has 1 aromatic heterocycles. The molecular weight excluding hydrogens is 290 g/mol. The van der Waals surface area contributed by atoms with Crippen LogP contribution in [0.2, 0.25) is 5.02 Å². The van der Waals surface area contributed by atoms with Crippen LogP contribution in [-0.2, 0) is 13.0 Å². The highest BCUT2D eigenvalue weighted by Crippen LogP contribution is 2.16. The highest BCUT2D eigenvalue weighted by Gasteiger charge is 2.19. The largest absolute Gasteiger partial charge is 0.476 e. The zero-order chi connectivity index (χ0) is 15.4. The second kappa shape index (κ2) is 6.72. The van der Waals surface area contributed by atoms with Crippen LogP contribution in [0.15, 0.2) is 24.3 Å². The van der Waals surface area contributed by atoms with Crippen LogP contribution in [0.4, 0.5) is 0 Å². The van der Waals surface area contributed by atoms with E-state index in [0.717, 1.165) is 12.0 Å². The number of carbonyl (C=O) groups is 1. The van der Waals surface area contributed by atoms with Gasteiger partial charge in [-0.25, -0.2) is 9.48 Å². The fourth-order valence-electron chi connectivity index (χ4n) is 2.03. The number of carboxylic acids is 1. The Bertz CT molecular complexity index is 620. The van der Waals surface area contributed by atoms with Crippen LogP contribution in [0.5, 0.6) is 0 Å². The molecule has 0 unspecified atom stereocenters. The van der Waals surface area contributed by atoms with Gasteiger partial charge in [0, 0.05) is 18.0 Å². The van der Waals surface area contributed by atoms with Crippen molar-refractivity contribution in [2.24, 2.45) is 5.92 Å². The van der Waals surface area contributed by atoms with Crippen LogP contribution in [-0.4, -0.2) is 26.1 Å². The number of aromatic nitrogens is 3. The van der Waals surface area contributed by atoms with Crippen molar-refractivity contribution in [2.75, 3.05) is 0 Å². The standard InChI is InChI=1S/C15H18ClN3O2/c1-10(2)7-8-19-13(14(15(20)21)17-18-19)9-11-3-5-12(16)6-4-11/h3-6,10H,7-9H2,1-2H3,(H,20,21). The summed E-state index contributed by atoms with van der Waals surface area (Å²) in [5.74, 6) is -0.527. The Kier molecular flexibility index (Phi) is 4.96. The molecule has 2 aromatic rings. The smallest absolute Gasteiger partial charge is 0.358 e. The van der Waals surface area contributed by atoms with Crippen molar-refractivity contribution in [2.45, 2.75) is 33.2 Å². The van der Waals surface area contributed by atoms with Gasteiger partial charge in [-0.1, -0.05) is 42.8 Å². The molecule has 0 saturated carbocycles. The van der Waals surface area contributed by atoms with Gasteiger partial charge in [0.1, 0.15) is 0 Å². The minimum atomic E-state index is -1.05. The molecule has 0 fully saturated rings. The summed E-state index contributed by atoms with van der Waals surface area (Å²) < 4.78 is 1.69. The van der Waals surface area contributed by atoms with Gasteiger partial charge in [-0.3, -0.25) is 0 Å². The number of carboxylic acid groups (broad SMARTS) is 1. The first kappa shape index (κ1) is 15.5. The molecule has 0 aliphatic carbocycles. The number of benzene rings is 1. The van der Waals surface area contributed by atoms with Crippen molar-refractivity contribution >= 4 is 17.6 Å². The summed E-state index contributed by atoms with van der Waals surface area (Å²) in [6.07, 6.45) is 1.40. The van der Waals surface area contributed by atoms with Crippen molar-refractivity contribution in [1.82, 2.24) is 15.0 Å². The van der Waals surface area contributed by atoms with E-state index in [-0.39, 0.29) is 5.69 Å². The monoisotopic (exact) mass is 307 g/mol. The summed E-state index contributed by atoms with van der Waals surface area (Å²) >= 11 is 5.87. The van der Waals surface area contributed by atoms with E-state index in [4.69, 9.17) is 11.6 Å². The van der Waals surface area contributed by atoms with E-state index >= 15 is 0 Å². The summed E-state index contributed by atoms with van der Waals surface area (Å²) in [7, 11) is 0. The Morgan fingerprint density at radius 1 is 1.33 bits per heavy atom. The lowest BCUT2D eigenvalue weighted by atomic mass is 10.1. The van der Waals surface area contributed by atoms with Crippen LogP contribution in [0.3, 0.4) is 0 Å². The summed E-state index contributed by atoms with van der Waals surface area (Å²) in [5, 5.41) is 17.7. The van der Waals surface area contributed by atoms with Gasteiger partial charge in [-0.2, -0.15) is 0 Å². The number of aryl methyl sites for hydroxylation is 1. The highest BCUT2D eigenvalue weighted by molar-refractivity contribution is 6.30. The Morgan fingerprint density at radius 3 is 2.57 bits per heavy atom. The summed E-state index contributed by atoms with van der Waals surface area (Å²) in [6, 6.07) is 7.35. The van der Waals surface area contributed by atoms with Crippen LogP contribution < -0.4 is 0 Å². The number of halogens is 1. The molecule has 21 heavy (non-hydrogen) atoms. The predicted molar refractivity (Wildman–Crippen MR) is 80.7 cm³/mol. The Balaban J connectivity index is 2.27. The van der Waals surface area contributed by atoms with Gasteiger partial charge in [-0.05, 0) is 30.0 Å². The molecule has 1 N–H and O–H groups in total. The molecule has 0 spiro atoms. The normalized spacial score (nSPS) is 11.0. The number of hydrogen-bond acceptors (Lipinski definition) is 3. The molecule has 1 heterocycles. The lowest BCUT2D eigenvalue weighted by Crippen LogP contribution is -2.10. The predicted octanol–water partition coefficient (Wildman–Crippen LogP) is 3.27. The van der Waals surface area contributed by atoms with E-state index in [0.29, 0.717) is 29.6 Å². The first-order chi connectivity index (χ1) is 9.97. The Hall–Kier alpha value is -1.88. The summed E-state index contributed by atoms with van der Waals surface area (Å²) in [4.78, 5) is 11.3. The van der Waals surface area contributed by atoms with Gasteiger partial charge in [0.2, 0.25) is 0 Å². The Morgan fingerprint density at radius 2 is 2.00 bits per heavy atom. The van der Waals surface area contributed by atoms with E-state index in [1.165, 1.54) is 0 Å². The van der Waals surface area contributed by atoms with E-state index in [1.54, 1.807) is 16.8 Å². The highest BCUT2D eigenvalue weighted by atomic mass is 35.5.